The van der Waals surface area contributed by atoms with Gasteiger partial charge in [0, 0.05) is 20.1 Å². The number of aromatic nitrogens is 1. The van der Waals surface area contributed by atoms with Crippen LogP contribution in [0.25, 0.3) is 0 Å². The number of hydrogen-bond acceptors (Lipinski definition) is 6. The summed E-state index contributed by atoms with van der Waals surface area (Å²) in [5.41, 5.74) is 0. The van der Waals surface area contributed by atoms with Crippen LogP contribution < -0.4 is 5.32 Å². The highest BCUT2D eigenvalue weighted by Gasteiger charge is 2.06. The fourth-order valence-corrected chi connectivity index (χ4v) is 1.36. The van der Waals surface area contributed by atoms with Gasteiger partial charge in [-0.05, 0) is 0 Å². The molecule has 0 aliphatic rings. The predicted octanol–water partition coefficient (Wildman–Crippen LogP) is 0.350. The summed E-state index contributed by atoms with van der Waals surface area (Å²) in [5, 5.41) is 12.7. The maximum Gasteiger partial charge on any atom is 0.208 e. The van der Waals surface area contributed by atoms with Crippen molar-refractivity contribution in [1.29, 1.82) is 0 Å². The number of rotatable bonds is 10. The maximum atomic E-state index is 9.60. The molecule has 1 atom stereocenters. The third-order valence-corrected chi connectivity index (χ3v) is 2.35. The molecule has 2 N–H and O–H groups in total. The second-order valence-electron chi connectivity index (χ2n) is 3.93. The van der Waals surface area contributed by atoms with Gasteiger partial charge in [-0.25, -0.2) is 4.98 Å². The van der Waals surface area contributed by atoms with Crippen LogP contribution in [0.2, 0.25) is 0 Å². The summed E-state index contributed by atoms with van der Waals surface area (Å²) in [6, 6.07) is 0. The summed E-state index contributed by atoms with van der Waals surface area (Å²) >= 11 is 0. The van der Waals surface area contributed by atoms with E-state index >= 15 is 0 Å². The van der Waals surface area contributed by atoms with E-state index in [2.05, 4.69) is 10.3 Å². The Balaban J connectivity index is 2.05. The van der Waals surface area contributed by atoms with E-state index < -0.39 is 6.10 Å². The molecular weight excluding hydrogens is 236 g/mol. The van der Waals surface area contributed by atoms with Crippen molar-refractivity contribution in [3.05, 3.63) is 17.8 Å². The van der Waals surface area contributed by atoms with Gasteiger partial charge in [0.05, 0.1) is 38.7 Å². The summed E-state index contributed by atoms with van der Waals surface area (Å²) in [5.74, 6) is 1.51. The average Bonchev–Trinajstić information content (AvgIpc) is 2.83. The number of hydrogen-bond donors (Lipinski definition) is 2. The van der Waals surface area contributed by atoms with Gasteiger partial charge in [-0.15, -0.1) is 0 Å². The van der Waals surface area contributed by atoms with E-state index in [-0.39, 0.29) is 0 Å². The lowest BCUT2D eigenvalue weighted by atomic mass is 10.4. The molecule has 0 aromatic carbocycles. The van der Waals surface area contributed by atoms with E-state index in [9.17, 15) is 5.11 Å². The average molecular weight is 258 g/mol. The Morgan fingerprint density at radius 1 is 1.50 bits per heavy atom. The van der Waals surface area contributed by atoms with E-state index in [1.54, 1.807) is 13.3 Å². The van der Waals surface area contributed by atoms with Crippen LogP contribution in [0, 0.1) is 0 Å². The van der Waals surface area contributed by atoms with E-state index in [1.807, 2.05) is 6.92 Å². The van der Waals surface area contributed by atoms with Gasteiger partial charge in [-0.3, -0.25) is 0 Å². The van der Waals surface area contributed by atoms with Crippen molar-refractivity contribution < 1.29 is 19.0 Å². The van der Waals surface area contributed by atoms with Crippen LogP contribution in [-0.4, -0.2) is 49.7 Å². The second-order valence-corrected chi connectivity index (χ2v) is 3.93. The van der Waals surface area contributed by atoms with Gasteiger partial charge in [0.2, 0.25) is 5.89 Å². The largest absolute Gasteiger partial charge is 0.444 e. The van der Waals surface area contributed by atoms with Gasteiger partial charge < -0.3 is 24.3 Å². The normalized spacial score (nSPS) is 12.8. The van der Waals surface area contributed by atoms with Crippen LogP contribution in [0.1, 0.15) is 18.6 Å². The molecule has 0 saturated heterocycles. The van der Waals surface area contributed by atoms with Gasteiger partial charge in [-0.1, -0.05) is 6.92 Å². The number of aryl methyl sites for hydroxylation is 1. The lowest BCUT2D eigenvalue weighted by molar-refractivity contribution is 0.0135. The molecule has 0 aliphatic heterocycles. The van der Waals surface area contributed by atoms with E-state index in [0.717, 1.165) is 12.2 Å². The molecule has 0 aliphatic carbocycles. The van der Waals surface area contributed by atoms with Crippen molar-refractivity contribution in [2.75, 3.05) is 33.5 Å². The molecule has 18 heavy (non-hydrogen) atoms. The molecule has 0 fully saturated rings. The van der Waals surface area contributed by atoms with Crippen LogP contribution in [0.3, 0.4) is 0 Å². The molecule has 0 radical (unpaired) electrons. The van der Waals surface area contributed by atoms with Crippen LogP contribution in [0.15, 0.2) is 10.6 Å². The third kappa shape index (κ3) is 6.11. The fourth-order valence-electron chi connectivity index (χ4n) is 1.36. The van der Waals surface area contributed by atoms with Crippen molar-refractivity contribution in [3.63, 3.8) is 0 Å². The van der Waals surface area contributed by atoms with Crippen molar-refractivity contribution in [1.82, 2.24) is 10.3 Å². The molecule has 0 spiro atoms. The van der Waals surface area contributed by atoms with Crippen LogP contribution in [-0.2, 0) is 22.4 Å². The molecule has 1 heterocycles. The first-order valence-electron chi connectivity index (χ1n) is 6.15. The maximum absolute atomic E-state index is 9.60. The SMILES string of the molecule is CCc1cnc(CNCC(O)COCCOC)o1. The molecule has 0 bridgehead atoms. The number of nitrogens with one attached hydrogen (secondary N) is 1. The minimum Gasteiger partial charge on any atom is -0.444 e. The summed E-state index contributed by atoms with van der Waals surface area (Å²) < 4.78 is 15.5. The summed E-state index contributed by atoms with van der Waals surface area (Å²) in [7, 11) is 1.61. The lowest BCUT2D eigenvalue weighted by Gasteiger charge is -2.11. The fraction of sp³-hybridized carbons (Fsp3) is 0.750. The summed E-state index contributed by atoms with van der Waals surface area (Å²) in [4.78, 5) is 4.11. The molecule has 0 saturated carbocycles. The Hall–Kier alpha value is -0.950. The smallest absolute Gasteiger partial charge is 0.208 e. The first kappa shape index (κ1) is 15.1. The minimum absolute atomic E-state index is 0.294. The molecule has 1 unspecified atom stereocenters. The Morgan fingerprint density at radius 2 is 2.33 bits per heavy atom. The zero-order chi connectivity index (χ0) is 13.2. The highest BCUT2D eigenvalue weighted by atomic mass is 16.5. The first-order valence-corrected chi connectivity index (χ1v) is 6.15. The molecule has 1 rings (SSSR count). The quantitative estimate of drug-likeness (QED) is 0.590. The van der Waals surface area contributed by atoms with Crippen molar-refractivity contribution in [2.24, 2.45) is 0 Å². The van der Waals surface area contributed by atoms with Crippen LogP contribution in [0.5, 0.6) is 0 Å². The molecule has 104 valence electrons. The number of oxazole rings is 1. The topological polar surface area (TPSA) is 76.8 Å². The van der Waals surface area contributed by atoms with Crippen molar-refractivity contribution in [3.8, 4) is 0 Å². The monoisotopic (exact) mass is 258 g/mol. The summed E-state index contributed by atoms with van der Waals surface area (Å²) in [6.45, 7) is 4.29. The highest BCUT2D eigenvalue weighted by molar-refractivity contribution is 4.93. The van der Waals surface area contributed by atoms with Gasteiger partial charge >= 0.3 is 0 Å². The van der Waals surface area contributed by atoms with Crippen LogP contribution in [0.4, 0.5) is 0 Å². The van der Waals surface area contributed by atoms with Crippen molar-refractivity contribution >= 4 is 0 Å². The Morgan fingerprint density at radius 3 is 3.00 bits per heavy atom. The van der Waals surface area contributed by atoms with Gasteiger partial charge in [0.1, 0.15) is 5.76 Å². The number of ether oxygens (including phenoxy) is 2. The number of aliphatic hydroxyl groups is 1. The Kier molecular flexibility index (Phi) is 7.59. The lowest BCUT2D eigenvalue weighted by Crippen LogP contribution is -2.30. The van der Waals surface area contributed by atoms with Gasteiger partial charge in [0.15, 0.2) is 0 Å². The zero-order valence-electron chi connectivity index (χ0n) is 11.0. The van der Waals surface area contributed by atoms with Crippen molar-refractivity contribution in [2.45, 2.75) is 26.0 Å². The number of aliphatic hydroxyl groups excluding tert-OH is 1. The Bertz CT molecular complexity index is 317. The molecule has 6 heteroatoms. The number of methoxy groups -OCH3 is 1. The second kappa shape index (κ2) is 9.04. The van der Waals surface area contributed by atoms with Gasteiger partial charge in [-0.2, -0.15) is 0 Å². The van der Waals surface area contributed by atoms with Gasteiger partial charge in [0.25, 0.3) is 0 Å². The third-order valence-electron chi connectivity index (χ3n) is 2.35. The molecule has 0 amide bonds. The zero-order valence-corrected chi connectivity index (χ0v) is 11.0. The standard InChI is InChI=1S/C12H22N2O4/c1-3-11-7-14-12(18-11)8-13-6-10(15)9-17-5-4-16-2/h7,10,13,15H,3-6,8-9H2,1-2H3. The predicted molar refractivity (Wildman–Crippen MR) is 66.3 cm³/mol. The van der Waals surface area contributed by atoms with Crippen LogP contribution >= 0.6 is 0 Å². The molecule has 1 aromatic heterocycles. The molecular formula is C12H22N2O4. The highest BCUT2D eigenvalue weighted by Crippen LogP contribution is 2.03. The first-order chi connectivity index (χ1) is 8.76. The van der Waals surface area contributed by atoms with E-state index in [0.29, 0.717) is 38.8 Å². The number of nitrogens with zero attached hydrogens (tertiary/aromatic N) is 1. The molecule has 6 nitrogen and oxygen atoms in total. The molecule has 1 aromatic rings. The minimum atomic E-state index is -0.539. The summed E-state index contributed by atoms with van der Waals surface area (Å²) in [6.07, 6.45) is 2.02. The van der Waals surface area contributed by atoms with E-state index in [1.165, 1.54) is 0 Å². The Labute approximate surface area is 107 Å². The van der Waals surface area contributed by atoms with E-state index in [4.69, 9.17) is 13.9 Å².